The Balaban J connectivity index is 1.56. The maximum Gasteiger partial charge on any atom is 0.193 e. The zero-order valence-corrected chi connectivity index (χ0v) is 16.6. The first-order valence-corrected chi connectivity index (χ1v) is 10.1. The van der Waals surface area contributed by atoms with Crippen molar-refractivity contribution in [2.75, 3.05) is 51.3 Å². The Labute approximate surface area is 158 Å². The maximum atomic E-state index is 5.36. The summed E-state index contributed by atoms with van der Waals surface area (Å²) in [6.45, 7) is 10.8. The highest BCUT2D eigenvalue weighted by atomic mass is 16.5. The van der Waals surface area contributed by atoms with Gasteiger partial charge in [-0.05, 0) is 50.2 Å². The molecule has 1 N–H and O–H groups in total. The van der Waals surface area contributed by atoms with E-state index in [1.165, 1.54) is 24.9 Å². The number of methoxy groups -OCH3 is 1. The molecule has 144 valence electrons. The third-order valence-electron chi connectivity index (χ3n) is 5.62. The molecule has 0 bridgehead atoms. The van der Waals surface area contributed by atoms with Crippen LogP contribution in [-0.4, -0.2) is 57.2 Å². The molecule has 1 aromatic rings. The number of likely N-dealkylation sites (tertiary alicyclic amines) is 1. The SMILES string of the molecule is CCNC(=NCC1CCN(c2cccc(OC)c2)C1)N1CCC(C)CC1. The summed E-state index contributed by atoms with van der Waals surface area (Å²) >= 11 is 0. The van der Waals surface area contributed by atoms with Gasteiger partial charge in [0.2, 0.25) is 0 Å². The first-order valence-electron chi connectivity index (χ1n) is 10.1. The quantitative estimate of drug-likeness (QED) is 0.648. The van der Waals surface area contributed by atoms with E-state index in [9.17, 15) is 0 Å². The fourth-order valence-corrected chi connectivity index (χ4v) is 3.89. The highest BCUT2D eigenvalue weighted by molar-refractivity contribution is 5.80. The van der Waals surface area contributed by atoms with Gasteiger partial charge < -0.3 is 19.9 Å². The summed E-state index contributed by atoms with van der Waals surface area (Å²) in [5, 5.41) is 3.49. The second kappa shape index (κ2) is 9.15. The van der Waals surface area contributed by atoms with Crippen LogP contribution in [0.1, 0.15) is 33.1 Å². The monoisotopic (exact) mass is 358 g/mol. The Morgan fingerprint density at radius 2 is 2.04 bits per heavy atom. The van der Waals surface area contributed by atoms with Gasteiger partial charge in [-0.1, -0.05) is 13.0 Å². The standard InChI is InChI=1S/C21H34N4O/c1-4-22-21(24-11-8-17(2)9-12-24)23-15-18-10-13-25(16-18)19-6-5-7-20(14-19)26-3/h5-7,14,17-18H,4,8-13,15-16H2,1-3H3,(H,22,23). The van der Waals surface area contributed by atoms with Crippen LogP contribution >= 0.6 is 0 Å². The van der Waals surface area contributed by atoms with Crippen LogP contribution < -0.4 is 15.0 Å². The van der Waals surface area contributed by atoms with Gasteiger partial charge in [0.25, 0.3) is 0 Å². The van der Waals surface area contributed by atoms with Crippen molar-refractivity contribution in [3.63, 3.8) is 0 Å². The normalized spacial score (nSPS) is 22.0. The van der Waals surface area contributed by atoms with Crippen molar-refractivity contribution >= 4 is 11.6 Å². The third-order valence-corrected chi connectivity index (χ3v) is 5.62. The fourth-order valence-electron chi connectivity index (χ4n) is 3.89. The average molecular weight is 359 g/mol. The van der Waals surface area contributed by atoms with E-state index in [4.69, 9.17) is 9.73 Å². The van der Waals surface area contributed by atoms with E-state index < -0.39 is 0 Å². The second-order valence-electron chi connectivity index (χ2n) is 7.67. The van der Waals surface area contributed by atoms with Crippen LogP contribution in [0.3, 0.4) is 0 Å². The van der Waals surface area contributed by atoms with Crippen molar-refractivity contribution in [1.29, 1.82) is 0 Å². The van der Waals surface area contributed by atoms with Crippen LogP contribution in [0.2, 0.25) is 0 Å². The minimum Gasteiger partial charge on any atom is -0.497 e. The number of ether oxygens (including phenoxy) is 1. The van der Waals surface area contributed by atoms with Gasteiger partial charge >= 0.3 is 0 Å². The molecule has 2 aliphatic rings. The number of hydrogen-bond donors (Lipinski definition) is 1. The highest BCUT2D eigenvalue weighted by Crippen LogP contribution is 2.27. The molecule has 1 unspecified atom stereocenters. The molecule has 26 heavy (non-hydrogen) atoms. The van der Waals surface area contributed by atoms with Crippen molar-refractivity contribution in [2.45, 2.75) is 33.1 Å². The summed E-state index contributed by atoms with van der Waals surface area (Å²) < 4.78 is 5.36. The molecular formula is C21H34N4O. The van der Waals surface area contributed by atoms with Crippen LogP contribution in [0, 0.1) is 11.8 Å². The molecule has 2 aliphatic heterocycles. The first kappa shape index (κ1) is 18.9. The average Bonchev–Trinajstić information content (AvgIpc) is 3.15. The predicted molar refractivity (Wildman–Crippen MR) is 109 cm³/mol. The summed E-state index contributed by atoms with van der Waals surface area (Å²) in [7, 11) is 1.73. The Hall–Kier alpha value is -1.91. The van der Waals surface area contributed by atoms with Crippen molar-refractivity contribution in [3.8, 4) is 5.75 Å². The number of benzene rings is 1. The van der Waals surface area contributed by atoms with E-state index in [0.717, 1.165) is 56.9 Å². The first-order chi connectivity index (χ1) is 12.7. The van der Waals surface area contributed by atoms with Crippen molar-refractivity contribution in [3.05, 3.63) is 24.3 Å². The fraction of sp³-hybridized carbons (Fsp3) is 0.667. The summed E-state index contributed by atoms with van der Waals surface area (Å²) in [5.74, 6) is 3.51. The number of nitrogens with zero attached hydrogens (tertiary/aromatic N) is 3. The molecule has 0 aliphatic carbocycles. The van der Waals surface area contributed by atoms with E-state index in [1.54, 1.807) is 7.11 Å². The molecule has 0 saturated carbocycles. The molecule has 5 nitrogen and oxygen atoms in total. The highest BCUT2D eigenvalue weighted by Gasteiger charge is 2.24. The minimum absolute atomic E-state index is 0.624. The van der Waals surface area contributed by atoms with Gasteiger partial charge in [-0.25, -0.2) is 0 Å². The molecule has 2 saturated heterocycles. The molecule has 0 radical (unpaired) electrons. The molecule has 2 heterocycles. The largest absolute Gasteiger partial charge is 0.497 e. The minimum atomic E-state index is 0.624. The van der Waals surface area contributed by atoms with Gasteiger partial charge in [-0.2, -0.15) is 0 Å². The maximum absolute atomic E-state index is 5.36. The number of rotatable bonds is 5. The Morgan fingerprint density at radius 3 is 2.77 bits per heavy atom. The molecule has 1 atom stereocenters. The van der Waals surface area contributed by atoms with E-state index in [-0.39, 0.29) is 0 Å². The van der Waals surface area contributed by atoms with Gasteiger partial charge in [0.1, 0.15) is 5.75 Å². The molecular weight excluding hydrogens is 324 g/mol. The molecule has 3 rings (SSSR count). The Morgan fingerprint density at radius 1 is 1.23 bits per heavy atom. The van der Waals surface area contributed by atoms with Crippen molar-refractivity contribution in [2.24, 2.45) is 16.8 Å². The van der Waals surface area contributed by atoms with Crippen LogP contribution in [0.4, 0.5) is 5.69 Å². The molecule has 0 spiro atoms. The number of guanidine groups is 1. The number of hydrogen-bond acceptors (Lipinski definition) is 3. The third kappa shape index (κ3) is 4.83. The molecule has 5 heteroatoms. The van der Waals surface area contributed by atoms with E-state index >= 15 is 0 Å². The lowest BCUT2D eigenvalue weighted by Gasteiger charge is -2.33. The lowest BCUT2D eigenvalue weighted by atomic mass is 9.99. The van der Waals surface area contributed by atoms with Crippen LogP contribution in [0.25, 0.3) is 0 Å². The van der Waals surface area contributed by atoms with E-state index in [1.807, 2.05) is 6.07 Å². The van der Waals surface area contributed by atoms with Gasteiger partial charge in [0.15, 0.2) is 5.96 Å². The smallest absolute Gasteiger partial charge is 0.193 e. The summed E-state index contributed by atoms with van der Waals surface area (Å²) in [5.41, 5.74) is 1.26. The van der Waals surface area contributed by atoms with Gasteiger partial charge in [0, 0.05) is 51.0 Å². The van der Waals surface area contributed by atoms with Gasteiger partial charge in [-0.3, -0.25) is 4.99 Å². The number of piperidine rings is 1. The zero-order chi connectivity index (χ0) is 18.4. The zero-order valence-electron chi connectivity index (χ0n) is 16.6. The second-order valence-corrected chi connectivity index (χ2v) is 7.67. The molecule has 2 fully saturated rings. The summed E-state index contributed by atoms with van der Waals surface area (Å²) in [4.78, 5) is 9.89. The van der Waals surface area contributed by atoms with Crippen LogP contribution in [0.15, 0.2) is 29.3 Å². The lowest BCUT2D eigenvalue weighted by molar-refractivity contribution is 0.273. The number of nitrogens with one attached hydrogen (secondary N) is 1. The van der Waals surface area contributed by atoms with Crippen LogP contribution in [0.5, 0.6) is 5.75 Å². The number of aliphatic imine (C=N–C) groups is 1. The Kier molecular flexibility index (Phi) is 6.64. The summed E-state index contributed by atoms with van der Waals surface area (Å²) in [6, 6.07) is 8.38. The van der Waals surface area contributed by atoms with Gasteiger partial charge in [-0.15, -0.1) is 0 Å². The molecule has 1 aromatic carbocycles. The van der Waals surface area contributed by atoms with E-state index in [0.29, 0.717) is 5.92 Å². The lowest BCUT2D eigenvalue weighted by Crippen LogP contribution is -2.45. The molecule has 0 amide bonds. The van der Waals surface area contributed by atoms with E-state index in [2.05, 4.69) is 47.2 Å². The Bertz CT molecular complexity index is 595. The van der Waals surface area contributed by atoms with Crippen molar-refractivity contribution in [1.82, 2.24) is 10.2 Å². The van der Waals surface area contributed by atoms with Gasteiger partial charge in [0.05, 0.1) is 7.11 Å². The van der Waals surface area contributed by atoms with Crippen molar-refractivity contribution < 1.29 is 4.74 Å². The predicted octanol–water partition coefficient (Wildman–Crippen LogP) is 3.22. The molecule has 0 aromatic heterocycles. The number of anilines is 1. The topological polar surface area (TPSA) is 40.1 Å². The summed E-state index contributed by atoms with van der Waals surface area (Å²) in [6.07, 6.45) is 3.76. The van der Waals surface area contributed by atoms with Crippen LogP contribution in [-0.2, 0) is 0 Å².